The average molecular weight is 282 g/mol. The Morgan fingerprint density at radius 1 is 1.06 bits per heavy atom. The van der Waals surface area contributed by atoms with Gasteiger partial charge in [-0.25, -0.2) is 0 Å². The molecule has 0 radical (unpaired) electrons. The standard InChI is InChI=1S/C14H20BrN/c15-14-7-5-11(6-8-14)9-12-3-1-2-4-13(12)10-16/h5-8,12-13H,1-4,9-10,16H2. The van der Waals surface area contributed by atoms with E-state index in [-0.39, 0.29) is 0 Å². The van der Waals surface area contributed by atoms with Gasteiger partial charge in [-0.2, -0.15) is 0 Å². The molecule has 0 saturated heterocycles. The summed E-state index contributed by atoms with van der Waals surface area (Å²) in [5, 5.41) is 0. The van der Waals surface area contributed by atoms with Crippen LogP contribution in [0.5, 0.6) is 0 Å². The van der Waals surface area contributed by atoms with Crippen LogP contribution in [0.25, 0.3) is 0 Å². The van der Waals surface area contributed by atoms with Gasteiger partial charge >= 0.3 is 0 Å². The predicted octanol–water partition coefficient (Wildman–Crippen LogP) is 3.76. The SMILES string of the molecule is NCC1CCCCC1Cc1ccc(Br)cc1. The molecule has 0 aromatic heterocycles. The zero-order chi connectivity index (χ0) is 11.4. The van der Waals surface area contributed by atoms with Crippen molar-refractivity contribution in [3.8, 4) is 0 Å². The highest BCUT2D eigenvalue weighted by atomic mass is 79.9. The summed E-state index contributed by atoms with van der Waals surface area (Å²) in [6.45, 7) is 0.862. The summed E-state index contributed by atoms with van der Waals surface area (Å²) >= 11 is 3.48. The highest BCUT2D eigenvalue weighted by Crippen LogP contribution is 2.32. The number of benzene rings is 1. The van der Waals surface area contributed by atoms with E-state index in [1.807, 2.05) is 0 Å². The summed E-state index contributed by atoms with van der Waals surface area (Å²) in [7, 11) is 0. The first-order valence-corrected chi connectivity index (χ1v) is 7.03. The molecule has 1 aromatic rings. The lowest BCUT2D eigenvalue weighted by atomic mass is 9.76. The van der Waals surface area contributed by atoms with Gasteiger partial charge in [0.15, 0.2) is 0 Å². The number of halogens is 1. The van der Waals surface area contributed by atoms with Crippen molar-refractivity contribution in [3.05, 3.63) is 34.3 Å². The van der Waals surface area contributed by atoms with E-state index in [9.17, 15) is 0 Å². The second-order valence-corrected chi connectivity index (χ2v) is 5.79. The minimum atomic E-state index is 0.748. The summed E-state index contributed by atoms with van der Waals surface area (Å²) in [5.41, 5.74) is 7.32. The fourth-order valence-electron chi connectivity index (χ4n) is 2.79. The zero-order valence-corrected chi connectivity index (χ0v) is 11.2. The van der Waals surface area contributed by atoms with Crippen molar-refractivity contribution in [2.24, 2.45) is 17.6 Å². The first kappa shape index (κ1) is 12.1. The van der Waals surface area contributed by atoms with Crippen molar-refractivity contribution in [2.75, 3.05) is 6.54 Å². The van der Waals surface area contributed by atoms with E-state index in [1.165, 1.54) is 37.7 Å². The molecule has 1 saturated carbocycles. The molecular formula is C14H20BrN. The van der Waals surface area contributed by atoms with Gasteiger partial charge in [-0.1, -0.05) is 40.9 Å². The second kappa shape index (κ2) is 5.83. The van der Waals surface area contributed by atoms with Crippen LogP contribution in [0.4, 0.5) is 0 Å². The molecule has 1 aliphatic rings. The highest BCUT2D eigenvalue weighted by molar-refractivity contribution is 9.10. The third-order valence-electron chi connectivity index (χ3n) is 3.78. The maximum atomic E-state index is 5.86. The van der Waals surface area contributed by atoms with Gasteiger partial charge in [0.2, 0.25) is 0 Å². The maximum absolute atomic E-state index is 5.86. The van der Waals surface area contributed by atoms with Crippen LogP contribution < -0.4 is 5.73 Å². The minimum absolute atomic E-state index is 0.748. The lowest BCUT2D eigenvalue weighted by Crippen LogP contribution is -2.28. The molecule has 1 aromatic carbocycles. The Bertz CT molecular complexity index is 320. The van der Waals surface area contributed by atoms with Crippen molar-refractivity contribution in [1.29, 1.82) is 0 Å². The molecule has 2 unspecified atom stereocenters. The summed E-state index contributed by atoms with van der Waals surface area (Å²) in [5.74, 6) is 1.55. The van der Waals surface area contributed by atoms with Gasteiger partial charge in [0, 0.05) is 4.47 Å². The molecule has 0 aliphatic heterocycles. The van der Waals surface area contributed by atoms with Crippen LogP contribution in [0.2, 0.25) is 0 Å². The smallest absolute Gasteiger partial charge is 0.0175 e. The Labute approximate surface area is 107 Å². The van der Waals surface area contributed by atoms with Crippen LogP contribution in [0.15, 0.2) is 28.7 Å². The van der Waals surface area contributed by atoms with Crippen molar-refractivity contribution >= 4 is 15.9 Å². The number of hydrogen-bond donors (Lipinski definition) is 1. The van der Waals surface area contributed by atoms with Crippen LogP contribution >= 0.6 is 15.9 Å². The normalized spacial score (nSPS) is 25.6. The van der Waals surface area contributed by atoms with Gasteiger partial charge in [-0.15, -0.1) is 0 Å². The predicted molar refractivity (Wildman–Crippen MR) is 72.3 cm³/mol. The van der Waals surface area contributed by atoms with Crippen LogP contribution in [0.3, 0.4) is 0 Å². The largest absolute Gasteiger partial charge is 0.330 e. The first-order chi connectivity index (χ1) is 7.79. The van der Waals surface area contributed by atoms with E-state index in [0.29, 0.717) is 0 Å². The Balaban J connectivity index is 1.99. The minimum Gasteiger partial charge on any atom is -0.330 e. The molecule has 16 heavy (non-hydrogen) atoms. The maximum Gasteiger partial charge on any atom is 0.0175 e. The Morgan fingerprint density at radius 3 is 2.31 bits per heavy atom. The van der Waals surface area contributed by atoms with Gasteiger partial charge in [0.25, 0.3) is 0 Å². The lowest BCUT2D eigenvalue weighted by Gasteiger charge is -2.30. The molecule has 2 atom stereocenters. The molecule has 1 aliphatic carbocycles. The molecule has 2 N–H and O–H groups in total. The molecule has 0 amide bonds. The van der Waals surface area contributed by atoms with E-state index in [1.54, 1.807) is 0 Å². The molecule has 2 heteroatoms. The van der Waals surface area contributed by atoms with Gasteiger partial charge in [0.05, 0.1) is 0 Å². The quantitative estimate of drug-likeness (QED) is 0.897. The molecule has 2 rings (SSSR count). The topological polar surface area (TPSA) is 26.0 Å². The summed E-state index contributed by atoms with van der Waals surface area (Å²) < 4.78 is 1.16. The van der Waals surface area contributed by atoms with Crippen molar-refractivity contribution in [2.45, 2.75) is 32.1 Å². The molecule has 1 fully saturated rings. The molecular weight excluding hydrogens is 262 g/mol. The Kier molecular flexibility index (Phi) is 4.42. The van der Waals surface area contributed by atoms with Crippen LogP contribution in [0, 0.1) is 11.8 Å². The fraction of sp³-hybridized carbons (Fsp3) is 0.571. The van der Waals surface area contributed by atoms with Gasteiger partial charge in [-0.05, 0) is 55.3 Å². The molecule has 0 spiro atoms. The van der Waals surface area contributed by atoms with Crippen LogP contribution in [-0.4, -0.2) is 6.54 Å². The highest BCUT2D eigenvalue weighted by Gasteiger charge is 2.23. The van der Waals surface area contributed by atoms with E-state index in [2.05, 4.69) is 40.2 Å². The van der Waals surface area contributed by atoms with E-state index in [4.69, 9.17) is 5.73 Å². The van der Waals surface area contributed by atoms with E-state index >= 15 is 0 Å². The van der Waals surface area contributed by atoms with Crippen molar-refractivity contribution < 1.29 is 0 Å². The monoisotopic (exact) mass is 281 g/mol. The first-order valence-electron chi connectivity index (χ1n) is 6.24. The molecule has 88 valence electrons. The second-order valence-electron chi connectivity index (χ2n) is 4.87. The van der Waals surface area contributed by atoms with Crippen LogP contribution in [0.1, 0.15) is 31.2 Å². The third-order valence-corrected chi connectivity index (χ3v) is 4.31. The van der Waals surface area contributed by atoms with Crippen molar-refractivity contribution in [3.63, 3.8) is 0 Å². The zero-order valence-electron chi connectivity index (χ0n) is 9.66. The fourth-order valence-corrected chi connectivity index (χ4v) is 3.05. The molecule has 0 bridgehead atoms. The summed E-state index contributed by atoms with van der Waals surface area (Å²) in [6.07, 6.45) is 6.65. The van der Waals surface area contributed by atoms with Gasteiger partial charge < -0.3 is 5.73 Å². The number of nitrogens with two attached hydrogens (primary N) is 1. The lowest BCUT2D eigenvalue weighted by molar-refractivity contribution is 0.242. The van der Waals surface area contributed by atoms with Crippen molar-refractivity contribution in [1.82, 2.24) is 0 Å². The summed E-state index contributed by atoms with van der Waals surface area (Å²) in [6, 6.07) is 8.73. The average Bonchev–Trinajstić information content (AvgIpc) is 2.33. The number of rotatable bonds is 3. The van der Waals surface area contributed by atoms with E-state index < -0.39 is 0 Å². The van der Waals surface area contributed by atoms with Crippen LogP contribution in [-0.2, 0) is 6.42 Å². The van der Waals surface area contributed by atoms with Gasteiger partial charge in [-0.3, -0.25) is 0 Å². The molecule has 0 heterocycles. The third kappa shape index (κ3) is 3.08. The van der Waals surface area contributed by atoms with E-state index in [0.717, 1.165) is 22.9 Å². The number of hydrogen-bond acceptors (Lipinski definition) is 1. The Morgan fingerprint density at radius 2 is 1.69 bits per heavy atom. The Hall–Kier alpha value is -0.340. The molecule has 1 nitrogen and oxygen atoms in total. The van der Waals surface area contributed by atoms with Gasteiger partial charge in [0.1, 0.15) is 0 Å². The summed E-state index contributed by atoms with van der Waals surface area (Å²) in [4.78, 5) is 0.